The molecule has 144 valence electrons. The molecule has 5 heteroatoms. The first-order valence-electron chi connectivity index (χ1n) is 9.59. The third-order valence-electron chi connectivity index (χ3n) is 4.58. The van der Waals surface area contributed by atoms with E-state index < -0.39 is 0 Å². The Bertz CT molecular complexity index is 873. The number of benzene rings is 2. The van der Waals surface area contributed by atoms with Crippen LogP contribution in [0.25, 0.3) is 0 Å². The van der Waals surface area contributed by atoms with Crippen molar-refractivity contribution in [2.24, 2.45) is 0 Å². The van der Waals surface area contributed by atoms with Crippen LogP contribution in [0.4, 0.5) is 17.1 Å². The molecule has 28 heavy (non-hydrogen) atoms. The van der Waals surface area contributed by atoms with Crippen molar-refractivity contribution >= 4 is 23.0 Å². The maximum Gasteiger partial charge on any atom is 0.270 e. The van der Waals surface area contributed by atoms with Crippen molar-refractivity contribution in [1.82, 2.24) is 10.3 Å². The van der Waals surface area contributed by atoms with Crippen LogP contribution in [-0.4, -0.2) is 24.0 Å². The average Bonchev–Trinajstić information content (AvgIpc) is 2.75. The van der Waals surface area contributed by atoms with Gasteiger partial charge in [-0.25, -0.2) is 4.98 Å². The average molecular weight is 374 g/mol. The van der Waals surface area contributed by atoms with E-state index in [4.69, 9.17) is 0 Å². The Labute approximate surface area is 166 Å². The Morgan fingerprint density at radius 1 is 0.893 bits per heavy atom. The van der Waals surface area contributed by atoms with E-state index in [1.54, 1.807) is 12.3 Å². The predicted octanol–water partition coefficient (Wildman–Crippen LogP) is 4.60. The van der Waals surface area contributed by atoms with Gasteiger partial charge in [0.05, 0.1) is 11.9 Å². The highest BCUT2D eigenvalue weighted by Gasteiger charge is 2.07. The first kappa shape index (κ1) is 19.4. The molecule has 2 N–H and O–H groups in total. The fourth-order valence-electron chi connectivity index (χ4n) is 2.98. The van der Waals surface area contributed by atoms with E-state index in [-0.39, 0.29) is 5.91 Å². The van der Waals surface area contributed by atoms with E-state index in [1.807, 2.05) is 48.5 Å². The van der Waals surface area contributed by atoms with Crippen LogP contribution in [0.1, 0.15) is 29.9 Å². The molecule has 2 aromatic carbocycles. The number of anilines is 3. The highest BCUT2D eigenvalue weighted by molar-refractivity contribution is 5.92. The van der Waals surface area contributed by atoms with Gasteiger partial charge in [-0.3, -0.25) is 4.79 Å². The van der Waals surface area contributed by atoms with E-state index in [0.29, 0.717) is 12.2 Å². The van der Waals surface area contributed by atoms with Crippen molar-refractivity contribution < 1.29 is 4.79 Å². The fraction of sp³-hybridized carbons (Fsp3) is 0.217. The van der Waals surface area contributed by atoms with Crippen LogP contribution in [0.5, 0.6) is 0 Å². The van der Waals surface area contributed by atoms with Crippen LogP contribution < -0.4 is 15.5 Å². The molecule has 1 heterocycles. The highest BCUT2D eigenvalue weighted by atomic mass is 16.1. The Morgan fingerprint density at radius 2 is 1.57 bits per heavy atom. The molecule has 0 saturated carbocycles. The minimum absolute atomic E-state index is 0.182. The fourth-order valence-corrected chi connectivity index (χ4v) is 2.98. The number of nitrogens with one attached hydrogen (secondary N) is 2. The summed E-state index contributed by atoms with van der Waals surface area (Å²) in [6.07, 6.45) is 1.68. The van der Waals surface area contributed by atoms with Crippen LogP contribution in [0, 0.1) is 0 Å². The normalized spacial score (nSPS) is 10.4. The van der Waals surface area contributed by atoms with Crippen molar-refractivity contribution in [2.45, 2.75) is 20.4 Å². The second kappa shape index (κ2) is 9.55. The lowest BCUT2D eigenvalue weighted by atomic mass is 10.2. The van der Waals surface area contributed by atoms with Gasteiger partial charge in [0, 0.05) is 31.0 Å². The van der Waals surface area contributed by atoms with Crippen LogP contribution in [0.15, 0.2) is 72.9 Å². The maximum atomic E-state index is 12.2. The standard InChI is InChI=1S/C23H26N4O/c1-3-27(4-2)21-13-10-19(11-14-21)26-20-12-15-22(24-17-20)23(28)25-16-18-8-6-5-7-9-18/h5-15,17,26H,3-4,16H2,1-2H3,(H,25,28). The van der Waals surface area contributed by atoms with Crippen molar-refractivity contribution in [2.75, 3.05) is 23.3 Å². The Hall–Kier alpha value is -3.34. The highest BCUT2D eigenvalue weighted by Crippen LogP contribution is 2.21. The largest absolute Gasteiger partial charge is 0.372 e. The zero-order chi connectivity index (χ0) is 19.8. The maximum absolute atomic E-state index is 12.2. The molecule has 0 bridgehead atoms. The lowest BCUT2D eigenvalue weighted by Gasteiger charge is -2.21. The summed E-state index contributed by atoms with van der Waals surface area (Å²) in [4.78, 5) is 18.8. The Morgan fingerprint density at radius 3 is 2.18 bits per heavy atom. The molecule has 0 atom stereocenters. The summed E-state index contributed by atoms with van der Waals surface area (Å²) in [5.74, 6) is -0.182. The molecule has 0 fully saturated rings. The van der Waals surface area contributed by atoms with Gasteiger partial charge in [0.25, 0.3) is 5.91 Å². The monoisotopic (exact) mass is 374 g/mol. The van der Waals surface area contributed by atoms with Crippen molar-refractivity contribution in [1.29, 1.82) is 0 Å². The minimum atomic E-state index is -0.182. The SMILES string of the molecule is CCN(CC)c1ccc(Nc2ccc(C(=O)NCc3ccccc3)nc2)cc1. The second-order valence-electron chi connectivity index (χ2n) is 6.44. The molecule has 5 nitrogen and oxygen atoms in total. The molecule has 0 aliphatic rings. The third kappa shape index (κ3) is 5.10. The van der Waals surface area contributed by atoms with Crippen LogP contribution in [0.2, 0.25) is 0 Å². The molecule has 0 aliphatic heterocycles. The van der Waals surface area contributed by atoms with Gasteiger partial charge in [-0.2, -0.15) is 0 Å². The predicted molar refractivity (Wildman–Crippen MR) is 115 cm³/mol. The van der Waals surface area contributed by atoms with Gasteiger partial charge in [-0.05, 0) is 55.8 Å². The van der Waals surface area contributed by atoms with Gasteiger partial charge in [0.1, 0.15) is 5.69 Å². The third-order valence-corrected chi connectivity index (χ3v) is 4.58. The molecule has 1 aromatic heterocycles. The summed E-state index contributed by atoms with van der Waals surface area (Å²) in [5.41, 5.74) is 4.49. The zero-order valence-corrected chi connectivity index (χ0v) is 16.4. The number of rotatable bonds is 8. The van der Waals surface area contributed by atoms with Gasteiger partial charge >= 0.3 is 0 Å². The molecular weight excluding hydrogens is 348 g/mol. The molecule has 0 unspecified atom stereocenters. The van der Waals surface area contributed by atoms with Gasteiger partial charge < -0.3 is 15.5 Å². The van der Waals surface area contributed by atoms with Gasteiger partial charge in [0.15, 0.2) is 0 Å². The van der Waals surface area contributed by atoms with Crippen LogP contribution >= 0.6 is 0 Å². The number of pyridine rings is 1. The number of carbonyl (C=O) groups is 1. The topological polar surface area (TPSA) is 57.3 Å². The van der Waals surface area contributed by atoms with Gasteiger partial charge in [-0.1, -0.05) is 30.3 Å². The summed E-state index contributed by atoms with van der Waals surface area (Å²) in [6.45, 7) is 6.76. The lowest BCUT2D eigenvalue weighted by Crippen LogP contribution is -2.23. The molecule has 0 radical (unpaired) electrons. The summed E-state index contributed by atoms with van der Waals surface area (Å²) in [7, 11) is 0. The smallest absolute Gasteiger partial charge is 0.270 e. The second-order valence-corrected chi connectivity index (χ2v) is 6.44. The molecule has 0 spiro atoms. The van der Waals surface area contributed by atoms with E-state index in [0.717, 1.165) is 30.0 Å². The number of nitrogens with zero attached hydrogens (tertiary/aromatic N) is 2. The number of hydrogen-bond acceptors (Lipinski definition) is 4. The molecule has 3 aromatic rings. The summed E-state index contributed by atoms with van der Waals surface area (Å²) < 4.78 is 0. The summed E-state index contributed by atoms with van der Waals surface area (Å²) >= 11 is 0. The Balaban J connectivity index is 1.57. The molecule has 0 aliphatic carbocycles. The van der Waals surface area contributed by atoms with Crippen molar-refractivity contribution in [3.63, 3.8) is 0 Å². The molecule has 1 amide bonds. The molecule has 3 rings (SSSR count). The summed E-state index contributed by atoms with van der Waals surface area (Å²) in [6, 6.07) is 21.7. The first-order valence-corrected chi connectivity index (χ1v) is 9.59. The van der Waals surface area contributed by atoms with Gasteiger partial charge in [-0.15, -0.1) is 0 Å². The number of aromatic nitrogens is 1. The Kier molecular flexibility index (Phi) is 6.63. The number of hydrogen-bond donors (Lipinski definition) is 2. The van der Waals surface area contributed by atoms with Crippen LogP contribution in [0.3, 0.4) is 0 Å². The quantitative estimate of drug-likeness (QED) is 0.605. The van der Waals surface area contributed by atoms with E-state index in [2.05, 4.69) is 46.5 Å². The van der Waals surface area contributed by atoms with Crippen molar-refractivity contribution in [3.05, 3.63) is 84.2 Å². The minimum Gasteiger partial charge on any atom is -0.372 e. The molecular formula is C23H26N4O. The first-order chi connectivity index (χ1) is 13.7. The lowest BCUT2D eigenvalue weighted by molar-refractivity contribution is 0.0946. The van der Waals surface area contributed by atoms with E-state index in [9.17, 15) is 4.79 Å². The van der Waals surface area contributed by atoms with Gasteiger partial charge in [0.2, 0.25) is 0 Å². The summed E-state index contributed by atoms with van der Waals surface area (Å²) in [5, 5.41) is 6.20. The van der Waals surface area contributed by atoms with E-state index >= 15 is 0 Å². The molecule has 0 saturated heterocycles. The van der Waals surface area contributed by atoms with E-state index in [1.165, 1.54) is 5.69 Å². The number of carbonyl (C=O) groups excluding carboxylic acids is 1. The number of amides is 1. The van der Waals surface area contributed by atoms with Crippen molar-refractivity contribution in [3.8, 4) is 0 Å². The zero-order valence-electron chi connectivity index (χ0n) is 16.4. The van der Waals surface area contributed by atoms with Crippen LogP contribution in [-0.2, 0) is 6.54 Å².